The molecule has 7 nitrogen and oxygen atoms in total. The van der Waals surface area contributed by atoms with Crippen molar-refractivity contribution in [2.45, 2.75) is 44.1 Å². The van der Waals surface area contributed by atoms with E-state index in [1.807, 2.05) is 0 Å². The first-order chi connectivity index (χ1) is 12.6. The number of carbonyl (C=O) groups is 2. The first-order valence-electron chi connectivity index (χ1n) is 8.72. The molecule has 2 rings (SSSR count). The molecule has 1 aliphatic rings. The summed E-state index contributed by atoms with van der Waals surface area (Å²) in [6.07, 6.45) is 3.77. The first kappa shape index (κ1) is 19.6. The molecule has 140 valence electrons. The van der Waals surface area contributed by atoms with Gasteiger partial charge in [0, 0.05) is 6.42 Å². The lowest BCUT2D eigenvalue weighted by Crippen LogP contribution is -2.46. The summed E-state index contributed by atoms with van der Waals surface area (Å²) in [5.74, 6) is 0.541. The van der Waals surface area contributed by atoms with E-state index in [0.29, 0.717) is 31.6 Å². The van der Waals surface area contributed by atoms with Crippen LogP contribution < -0.4 is 14.8 Å². The molecule has 0 unspecified atom stereocenters. The molecule has 0 bridgehead atoms. The van der Waals surface area contributed by atoms with Gasteiger partial charge in [-0.25, -0.2) is 0 Å². The van der Waals surface area contributed by atoms with Crippen molar-refractivity contribution in [2.24, 2.45) is 0 Å². The SMILES string of the molecule is COc1ccc(OCCCC(=O)OCC(=O)NC2(C#N)CCCC2)cc1. The Hall–Kier alpha value is -2.75. The molecule has 0 saturated heterocycles. The summed E-state index contributed by atoms with van der Waals surface area (Å²) in [5, 5.41) is 11.9. The molecule has 1 aliphatic carbocycles. The number of nitriles is 1. The van der Waals surface area contributed by atoms with E-state index in [0.717, 1.165) is 18.6 Å². The number of hydrogen-bond donors (Lipinski definition) is 1. The minimum Gasteiger partial charge on any atom is -0.497 e. The van der Waals surface area contributed by atoms with Crippen molar-refractivity contribution < 1.29 is 23.8 Å². The Kier molecular flexibility index (Phi) is 7.27. The number of nitrogens with zero attached hydrogens (tertiary/aromatic N) is 1. The standard InChI is InChI=1S/C19H24N2O5/c1-24-15-6-8-16(9-7-15)25-12-4-5-18(23)26-13-17(22)21-19(14-20)10-2-3-11-19/h6-9H,2-5,10-13H2,1H3,(H,21,22). The van der Waals surface area contributed by atoms with Gasteiger partial charge in [0.15, 0.2) is 6.61 Å². The van der Waals surface area contributed by atoms with Crippen molar-refractivity contribution in [2.75, 3.05) is 20.3 Å². The molecule has 1 N–H and O–H groups in total. The number of hydrogen-bond acceptors (Lipinski definition) is 6. The molecule has 7 heteroatoms. The van der Waals surface area contributed by atoms with Crippen LogP contribution in [0.2, 0.25) is 0 Å². The van der Waals surface area contributed by atoms with Crippen LogP contribution in [0, 0.1) is 11.3 Å². The largest absolute Gasteiger partial charge is 0.497 e. The van der Waals surface area contributed by atoms with Crippen LogP contribution in [0.15, 0.2) is 24.3 Å². The van der Waals surface area contributed by atoms with Crippen LogP contribution in [0.4, 0.5) is 0 Å². The Balaban J connectivity index is 1.59. The molecule has 0 radical (unpaired) electrons. The summed E-state index contributed by atoms with van der Waals surface area (Å²) in [5.41, 5.74) is -0.796. The highest BCUT2D eigenvalue weighted by atomic mass is 16.5. The van der Waals surface area contributed by atoms with Crippen LogP contribution in [0.25, 0.3) is 0 Å². The molecule has 0 heterocycles. The van der Waals surface area contributed by atoms with E-state index in [2.05, 4.69) is 11.4 Å². The zero-order valence-corrected chi connectivity index (χ0v) is 15.0. The maximum absolute atomic E-state index is 11.9. The van der Waals surface area contributed by atoms with Crippen LogP contribution in [0.5, 0.6) is 11.5 Å². The number of methoxy groups -OCH3 is 1. The Morgan fingerprint density at radius 3 is 2.46 bits per heavy atom. The zero-order chi connectivity index (χ0) is 18.8. The smallest absolute Gasteiger partial charge is 0.306 e. The highest BCUT2D eigenvalue weighted by molar-refractivity contribution is 5.81. The predicted molar refractivity (Wildman–Crippen MR) is 93.6 cm³/mol. The highest BCUT2D eigenvalue weighted by Gasteiger charge is 2.35. The Bertz CT molecular complexity index is 645. The van der Waals surface area contributed by atoms with Crippen LogP contribution in [-0.2, 0) is 14.3 Å². The molecular weight excluding hydrogens is 336 g/mol. The van der Waals surface area contributed by atoms with E-state index in [-0.39, 0.29) is 13.0 Å². The summed E-state index contributed by atoms with van der Waals surface area (Å²) < 4.78 is 15.5. The molecule has 1 saturated carbocycles. The molecule has 1 aromatic carbocycles. The van der Waals surface area contributed by atoms with E-state index in [1.165, 1.54) is 0 Å². The third kappa shape index (κ3) is 5.96. The van der Waals surface area contributed by atoms with Gasteiger partial charge in [-0.15, -0.1) is 0 Å². The Morgan fingerprint density at radius 1 is 1.19 bits per heavy atom. The lowest BCUT2D eigenvalue weighted by Gasteiger charge is -2.21. The number of ether oxygens (including phenoxy) is 3. The van der Waals surface area contributed by atoms with Crippen LogP contribution in [0.1, 0.15) is 38.5 Å². The van der Waals surface area contributed by atoms with Crippen molar-refractivity contribution in [1.29, 1.82) is 5.26 Å². The Morgan fingerprint density at radius 2 is 1.85 bits per heavy atom. The number of benzene rings is 1. The Labute approximate surface area is 153 Å². The molecule has 1 aromatic rings. The lowest BCUT2D eigenvalue weighted by molar-refractivity contribution is -0.149. The second-order valence-electron chi connectivity index (χ2n) is 6.24. The van der Waals surface area contributed by atoms with Crippen molar-refractivity contribution in [1.82, 2.24) is 5.32 Å². The molecular formula is C19H24N2O5. The van der Waals surface area contributed by atoms with Gasteiger partial charge in [0.2, 0.25) is 0 Å². The van der Waals surface area contributed by atoms with Crippen molar-refractivity contribution in [3.05, 3.63) is 24.3 Å². The van der Waals surface area contributed by atoms with E-state index in [4.69, 9.17) is 14.2 Å². The molecule has 0 aromatic heterocycles. The van der Waals surface area contributed by atoms with Gasteiger partial charge in [0.25, 0.3) is 5.91 Å². The highest BCUT2D eigenvalue weighted by Crippen LogP contribution is 2.28. The number of carbonyl (C=O) groups excluding carboxylic acids is 2. The topological polar surface area (TPSA) is 97.7 Å². The molecule has 0 spiro atoms. The third-order valence-corrected chi connectivity index (χ3v) is 4.27. The number of nitrogens with one attached hydrogen (secondary N) is 1. The maximum atomic E-state index is 11.9. The fourth-order valence-electron chi connectivity index (χ4n) is 2.84. The van der Waals surface area contributed by atoms with Crippen LogP contribution in [-0.4, -0.2) is 37.7 Å². The maximum Gasteiger partial charge on any atom is 0.306 e. The number of amides is 1. The van der Waals surface area contributed by atoms with Crippen molar-refractivity contribution in [3.63, 3.8) is 0 Å². The van der Waals surface area contributed by atoms with Gasteiger partial charge >= 0.3 is 5.97 Å². The number of esters is 1. The molecule has 26 heavy (non-hydrogen) atoms. The van der Waals surface area contributed by atoms with E-state index < -0.39 is 17.4 Å². The fraction of sp³-hybridized carbons (Fsp3) is 0.526. The third-order valence-electron chi connectivity index (χ3n) is 4.27. The average molecular weight is 360 g/mol. The normalized spacial score (nSPS) is 14.9. The summed E-state index contributed by atoms with van der Waals surface area (Å²) in [4.78, 5) is 23.6. The predicted octanol–water partition coefficient (Wildman–Crippen LogP) is 2.35. The van der Waals surface area contributed by atoms with Gasteiger partial charge < -0.3 is 19.5 Å². The monoisotopic (exact) mass is 360 g/mol. The van der Waals surface area contributed by atoms with Crippen molar-refractivity contribution >= 4 is 11.9 Å². The van der Waals surface area contributed by atoms with Gasteiger partial charge in [0.05, 0.1) is 19.8 Å². The minimum atomic E-state index is -0.796. The quantitative estimate of drug-likeness (QED) is 0.536. The van der Waals surface area contributed by atoms with Gasteiger partial charge in [-0.05, 0) is 56.4 Å². The van der Waals surface area contributed by atoms with E-state index >= 15 is 0 Å². The summed E-state index contributed by atoms with van der Waals surface area (Å²) >= 11 is 0. The van der Waals surface area contributed by atoms with Gasteiger partial charge in [-0.3, -0.25) is 9.59 Å². The van der Waals surface area contributed by atoms with Gasteiger partial charge in [0.1, 0.15) is 17.0 Å². The van der Waals surface area contributed by atoms with Gasteiger partial charge in [-0.1, -0.05) is 0 Å². The van der Waals surface area contributed by atoms with Crippen LogP contribution in [0.3, 0.4) is 0 Å². The molecule has 1 fully saturated rings. The average Bonchev–Trinajstić information content (AvgIpc) is 3.13. The first-order valence-corrected chi connectivity index (χ1v) is 8.72. The number of rotatable bonds is 9. The molecule has 0 atom stereocenters. The van der Waals surface area contributed by atoms with E-state index in [1.54, 1.807) is 31.4 Å². The summed E-state index contributed by atoms with van der Waals surface area (Å²) in [7, 11) is 1.59. The van der Waals surface area contributed by atoms with Crippen LogP contribution >= 0.6 is 0 Å². The zero-order valence-electron chi connectivity index (χ0n) is 15.0. The summed E-state index contributed by atoms with van der Waals surface area (Å²) in [6.45, 7) is 0.00672. The lowest BCUT2D eigenvalue weighted by atomic mass is 10.00. The second kappa shape index (κ2) is 9.66. The summed E-state index contributed by atoms with van der Waals surface area (Å²) in [6, 6.07) is 9.32. The van der Waals surface area contributed by atoms with Gasteiger partial charge in [-0.2, -0.15) is 5.26 Å². The second-order valence-corrected chi connectivity index (χ2v) is 6.24. The van der Waals surface area contributed by atoms with E-state index in [9.17, 15) is 14.9 Å². The fourth-order valence-corrected chi connectivity index (χ4v) is 2.84. The minimum absolute atomic E-state index is 0.160. The molecule has 0 aliphatic heterocycles. The van der Waals surface area contributed by atoms with Crippen molar-refractivity contribution in [3.8, 4) is 17.6 Å². The molecule has 1 amide bonds.